The molecule has 0 amide bonds. The summed E-state index contributed by atoms with van der Waals surface area (Å²) in [4.78, 5) is 11.8. The number of carbonyl (C=O) groups is 1. The summed E-state index contributed by atoms with van der Waals surface area (Å²) < 4.78 is 10.4. The Kier molecular flexibility index (Phi) is 4.36. The lowest BCUT2D eigenvalue weighted by Gasteiger charge is -2.07. The van der Waals surface area contributed by atoms with Crippen molar-refractivity contribution in [2.24, 2.45) is 0 Å². The van der Waals surface area contributed by atoms with Crippen LogP contribution in [0.25, 0.3) is 6.08 Å². The van der Waals surface area contributed by atoms with Crippen LogP contribution in [0.5, 0.6) is 11.5 Å². The molecule has 2 aromatic rings. The molecule has 4 heteroatoms. The number of ketones is 1. The Balaban J connectivity index is 2.17. The molecule has 19 heavy (non-hydrogen) atoms. The monoisotopic (exact) mass is 274 g/mol. The van der Waals surface area contributed by atoms with Crippen molar-refractivity contribution in [1.29, 1.82) is 0 Å². The van der Waals surface area contributed by atoms with Gasteiger partial charge in [-0.3, -0.25) is 4.79 Å². The van der Waals surface area contributed by atoms with Gasteiger partial charge < -0.3 is 9.47 Å². The number of thiophene rings is 1. The van der Waals surface area contributed by atoms with Crippen LogP contribution in [0, 0.1) is 0 Å². The third-order valence-corrected chi connectivity index (χ3v) is 3.32. The summed E-state index contributed by atoms with van der Waals surface area (Å²) in [7, 11) is 3.18. The third-order valence-electron chi connectivity index (χ3n) is 2.64. The maximum atomic E-state index is 11.8. The van der Waals surface area contributed by atoms with Gasteiger partial charge in [-0.15, -0.1) is 0 Å². The number of hydrogen-bond donors (Lipinski definition) is 0. The van der Waals surface area contributed by atoms with Crippen molar-refractivity contribution in [1.82, 2.24) is 0 Å². The molecule has 0 unspecified atom stereocenters. The molecule has 0 saturated carbocycles. The van der Waals surface area contributed by atoms with E-state index < -0.39 is 0 Å². The lowest BCUT2D eigenvalue weighted by atomic mass is 10.1. The van der Waals surface area contributed by atoms with Gasteiger partial charge in [0.05, 0.1) is 14.2 Å². The number of ether oxygens (including phenoxy) is 2. The van der Waals surface area contributed by atoms with Crippen molar-refractivity contribution >= 4 is 23.2 Å². The van der Waals surface area contributed by atoms with E-state index in [-0.39, 0.29) is 5.78 Å². The van der Waals surface area contributed by atoms with Crippen molar-refractivity contribution in [3.8, 4) is 11.5 Å². The SMILES string of the molecule is COc1ccc(/C=C/C(=O)c2ccsc2)cc1OC. The van der Waals surface area contributed by atoms with Gasteiger partial charge in [0.25, 0.3) is 0 Å². The number of hydrogen-bond acceptors (Lipinski definition) is 4. The van der Waals surface area contributed by atoms with Crippen LogP contribution in [-0.2, 0) is 0 Å². The van der Waals surface area contributed by atoms with Crippen LogP contribution in [0.15, 0.2) is 41.1 Å². The van der Waals surface area contributed by atoms with Gasteiger partial charge in [-0.1, -0.05) is 12.1 Å². The second-order valence-electron chi connectivity index (χ2n) is 3.82. The molecule has 0 saturated heterocycles. The smallest absolute Gasteiger partial charge is 0.186 e. The Morgan fingerprint density at radius 2 is 1.95 bits per heavy atom. The molecule has 0 radical (unpaired) electrons. The average molecular weight is 274 g/mol. The van der Waals surface area contributed by atoms with E-state index >= 15 is 0 Å². The topological polar surface area (TPSA) is 35.5 Å². The van der Waals surface area contributed by atoms with Crippen LogP contribution >= 0.6 is 11.3 Å². The average Bonchev–Trinajstić information content (AvgIpc) is 2.98. The molecule has 1 heterocycles. The maximum Gasteiger partial charge on any atom is 0.186 e. The summed E-state index contributed by atoms with van der Waals surface area (Å²) in [6.07, 6.45) is 3.32. The zero-order valence-electron chi connectivity index (χ0n) is 10.8. The van der Waals surface area contributed by atoms with Gasteiger partial charge in [0.1, 0.15) is 0 Å². The van der Waals surface area contributed by atoms with Crippen LogP contribution in [-0.4, -0.2) is 20.0 Å². The molecule has 0 aliphatic heterocycles. The lowest BCUT2D eigenvalue weighted by molar-refractivity contribution is 0.104. The number of allylic oxidation sites excluding steroid dienone is 1. The van der Waals surface area contributed by atoms with E-state index in [1.165, 1.54) is 11.3 Å². The number of rotatable bonds is 5. The molecular formula is C15H14O3S. The fourth-order valence-electron chi connectivity index (χ4n) is 1.63. The second-order valence-corrected chi connectivity index (χ2v) is 4.60. The van der Waals surface area contributed by atoms with E-state index in [0.29, 0.717) is 17.1 Å². The molecule has 1 aromatic carbocycles. The summed E-state index contributed by atoms with van der Waals surface area (Å²) >= 11 is 1.51. The van der Waals surface area contributed by atoms with E-state index in [2.05, 4.69) is 0 Å². The molecule has 0 bridgehead atoms. The molecule has 0 spiro atoms. The Bertz CT molecular complexity index is 585. The standard InChI is InChI=1S/C15H14O3S/c1-17-14-6-4-11(9-15(14)18-2)3-5-13(16)12-7-8-19-10-12/h3-10H,1-2H3/b5-3+. The van der Waals surface area contributed by atoms with E-state index in [4.69, 9.17) is 9.47 Å². The molecule has 98 valence electrons. The van der Waals surface area contributed by atoms with Crippen molar-refractivity contribution in [3.05, 3.63) is 52.2 Å². The maximum absolute atomic E-state index is 11.8. The zero-order valence-corrected chi connectivity index (χ0v) is 11.6. The quantitative estimate of drug-likeness (QED) is 0.616. The van der Waals surface area contributed by atoms with Gasteiger partial charge in [0.15, 0.2) is 17.3 Å². The minimum Gasteiger partial charge on any atom is -0.493 e. The van der Waals surface area contributed by atoms with E-state index in [0.717, 1.165) is 5.56 Å². The Hall–Kier alpha value is -2.07. The first-order chi connectivity index (χ1) is 9.24. The Morgan fingerprint density at radius 3 is 2.58 bits per heavy atom. The first-order valence-corrected chi connectivity index (χ1v) is 6.65. The summed E-state index contributed by atoms with van der Waals surface area (Å²) in [5.74, 6) is 1.31. The molecular weight excluding hydrogens is 260 g/mol. The highest BCUT2D eigenvalue weighted by Crippen LogP contribution is 2.28. The van der Waals surface area contributed by atoms with Gasteiger partial charge in [-0.2, -0.15) is 11.3 Å². The zero-order chi connectivity index (χ0) is 13.7. The molecule has 0 atom stereocenters. The summed E-state index contributed by atoms with van der Waals surface area (Å²) in [6, 6.07) is 7.33. The third kappa shape index (κ3) is 3.23. The van der Waals surface area contributed by atoms with Gasteiger partial charge in [-0.05, 0) is 35.2 Å². The minimum absolute atomic E-state index is 0.00367. The number of carbonyl (C=O) groups excluding carboxylic acids is 1. The number of benzene rings is 1. The molecule has 1 aromatic heterocycles. The molecule has 0 aliphatic carbocycles. The highest BCUT2D eigenvalue weighted by atomic mass is 32.1. The van der Waals surface area contributed by atoms with Crippen molar-refractivity contribution in [2.45, 2.75) is 0 Å². The van der Waals surface area contributed by atoms with Gasteiger partial charge in [0.2, 0.25) is 0 Å². The largest absolute Gasteiger partial charge is 0.493 e. The van der Waals surface area contributed by atoms with Gasteiger partial charge in [0, 0.05) is 10.9 Å². The van der Waals surface area contributed by atoms with E-state index in [1.807, 2.05) is 35.0 Å². The van der Waals surface area contributed by atoms with Crippen LogP contribution in [0.4, 0.5) is 0 Å². The van der Waals surface area contributed by atoms with Crippen molar-refractivity contribution in [2.75, 3.05) is 14.2 Å². The van der Waals surface area contributed by atoms with Crippen LogP contribution < -0.4 is 9.47 Å². The van der Waals surface area contributed by atoms with Crippen LogP contribution in [0.2, 0.25) is 0 Å². The van der Waals surface area contributed by atoms with E-state index in [1.54, 1.807) is 26.4 Å². The number of methoxy groups -OCH3 is 2. The second kappa shape index (κ2) is 6.20. The normalized spacial score (nSPS) is 10.6. The predicted molar refractivity (Wildman–Crippen MR) is 77.2 cm³/mol. The predicted octanol–water partition coefficient (Wildman–Crippen LogP) is 3.66. The summed E-state index contributed by atoms with van der Waals surface area (Å²) in [6.45, 7) is 0. The fraction of sp³-hybridized carbons (Fsp3) is 0.133. The van der Waals surface area contributed by atoms with Crippen LogP contribution in [0.3, 0.4) is 0 Å². The van der Waals surface area contributed by atoms with Crippen LogP contribution in [0.1, 0.15) is 15.9 Å². The first-order valence-electron chi connectivity index (χ1n) is 5.71. The van der Waals surface area contributed by atoms with Gasteiger partial charge >= 0.3 is 0 Å². The first kappa shape index (κ1) is 13.4. The van der Waals surface area contributed by atoms with E-state index in [9.17, 15) is 4.79 Å². The Labute approximate surface area is 116 Å². The summed E-state index contributed by atoms with van der Waals surface area (Å²) in [5.41, 5.74) is 1.60. The van der Waals surface area contributed by atoms with Gasteiger partial charge in [-0.25, -0.2) is 0 Å². The molecule has 0 fully saturated rings. The molecule has 3 nitrogen and oxygen atoms in total. The molecule has 0 aliphatic rings. The molecule has 2 rings (SSSR count). The minimum atomic E-state index is -0.00367. The highest BCUT2D eigenvalue weighted by Gasteiger charge is 2.04. The lowest BCUT2D eigenvalue weighted by Crippen LogP contribution is -1.92. The molecule has 0 N–H and O–H groups in total. The summed E-state index contributed by atoms with van der Waals surface area (Å²) in [5, 5.41) is 3.72. The fourth-order valence-corrected chi connectivity index (χ4v) is 2.27. The van der Waals surface area contributed by atoms with Crippen molar-refractivity contribution < 1.29 is 14.3 Å². The Morgan fingerprint density at radius 1 is 1.16 bits per heavy atom. The van der Waals surface area contributed by atoms with Crippen molar-refractivity contribution in [3.63, 3.8) is 0 Å². The highest BCUT2D eigenvalue weighted by molar-refractivity contribution is 7.08.